The topological polar surface area (TPSA) is 56.5 Å². The fraction of sp³-hybridized carbons (Fsp3) is 0.333. The average molecular weight is 182 g/mol. The van der Waals surface area contributed by atoms with Crippen LogP contribution < -0.4 is 5.63 Å². The summed E-state index contributed by atoms with van der Waals surface area (Å²) in [7, 11) is 1.29. The molecule has 0 saturated carbocycles. The highest BCUT2D eigenvalue weighted by atomic mass is 16.5. The molecule has 4 heteroatoms. The van der Waals surface area contributed by atoms with Crippen LogP contribution in [0.3, 0.4) is 0 Å². The van der Waals surface area contributed by atoms with Gasteiger partial charge >= 0.3 is 11.6 Å². The van der Waals surface area contributed by atoms with Crippen LogP contribution >= 0.6 is 0 Å². The molecule has 0 N–H and O–H groups in total. The average Bonchev–Trinajstić information content (AvgIpc) is 2.02. The maximum Gasteiger partial charge on any atom is 0.336 e. The Balaban J connectivity index is 2.89. The Bertz CT molecular complexity index is 364. The smallest absolute Gasteiger partial charge is 0.336 e. The van der Waals surface area contributed by atoms with Crippen LogP contribution in [0.2, 0.25) is 0 Å². The zero-order valence-corrected chi connectivity index (χ0v) is 7.49. The van der Waals surface area contributed by atoms with Gasteiger partial charge in [0.15, 0.2) is 0 Å². The molecule has 1 aromatic heterocycles. The zero-order valence-electron chi connectivity index (χ0n) is 7.49. The van der Waals surface area contributed by atoms with Crippen molar-refractivity contribution in [3.8, 4) is 0 Å². The van der Waals surface area contributed by atoms with Gasteiger partial charge in [-0.25, -0.2) is 4.79 Å². The van der Waals surface area contributed by atoms with E-state index in [0.29, 0.717) is 5.76 Å². The van der Waals surface area contributed by atoms with Gasteiger partial charge in [0, 0.05) is 6.07 Å². The molecule has 0 aromatic carbocycles. The highest BCUT2D eigenvalue weighted by molar-refractivity contribution is 5.71. The van der Waals surface area contributed by atoms with Gasteiger partial charge in [-0.05, 0) is 18.6 Å². The second-order valence-corrected chi connectivity index (χ2v) is 2.67. The largest absolute Gasteiger partial charge is 0.469 e. The second-order valence-electron chi connectivity index (χ2n) is 2.67. The third-order valence-electron chi connectivity index (χ3n) is 1.51. The van der Waals surface area contributed by atoms with E-state index in [2.05, 4.69) is 4.74 Å². The van der Waals surface area contributed by atoms with Crippen molar-refractivity contribution < 1.29 is 13.9 Å². The van der Waals surface area contributed by atoms with Gasteiger partial charge in [0.2, 0.25) is 0 Å². The summed E-state index contributed by atoms with van der Waals surface area (Å²) in [6, 6.07) is 3.00. The zero-order chi connectivity index (χ0) is 9.84. The number of aryl methyl sites for hydroxylation is 1. The van der Waals surface area contributed by atoms with Crippen molar-refractivity contribution in [1.82, 2.24) is 0 Å². The Morgan fingerprint density at radius 1 is 1.54 bits per heavy atom. The molecule has 1 aromatic rings. The third-order valence-corrected chi connectivity index (χ3v) is 1.51. The second kappa shape index (κ2) is 3.89. The summed E-state index contributed by atoms with van der Waals surface area (Å²) in [6.45, 7) is 1.76. The van der Waals surface area contributed by atoms with Crippen LogP contribution in [0.5, 0.6) is 0 Å². The van der Waals surface area contributed by atoms with E-state index in [0.717, 1.165) is 5.56 Å². The summed E-state index contributed by atoms with van der Waals surface area (Å²) >= 11 is 0. The molecule has 13 heavy (non-hydrogen) atoms. The number of methoxy groups -OCH3 is 1. The Hall–Kier alpha value is -1.58. The molecule has 0 bridgehead atoms. The van der Waals surface area contributed by atoms with Crippen LogP contribution in [0.4, 0.5) is 0 Å². The number of hydrogen-bond donors (Lipinski definition) is 0. The van der Waals surface area contributed by atoms with E-state index >= 15 is 0 Å². The van der Waals surface area contributed by atoms with Crippen molar-refractivity contribution in [2.75, 3.05) is 7.11 Å². The standard InChI is InChI=1S/C9H10O4/c1-6-3-7(5-8(10)12-2)13-9(11)4-6/h3-4H,5H2,1-2H3. The Morgan fingerprint density at radius 2 is 2.23 bits per heavy atom. The molecule has 0 aliphatic rings. The van der Waals surface area contributed by atoms with Crippen LogP contribution in [0, 0.1) is 6.92 Å². The van der Waals surface area contributed by atoms with Gasteiger partial charge in [-0.3, -0.25) is 4.79 Å². The van der Waals surface area contributed by atoms with Crippen molar-refractivity contribution in [3.05, 3.63) is 33.9 Å². The van der Waals surface area contributed by atoms with Crippen molar-refractivity contribution >= 4 is 5.97 Å². The summed E-state index contributed by atoms with van der Waals surface area (Å²) in [5, 5.41) is 0. The Morgan fingerprint density at radius 3 is 2.77 bits per heavy atom. The normalized spacial score (nSPS) is 9.69. The lowest BCUT2D eigenvalue weighted by atomic mass is 10.2. The summed E-state index contributed by atoms with van der Waals surface area (Å²) in [6.07, 6.45) is -0.00653. The lowest BCUT2D eigenvalue weighted by Crippen LogP contribution is -2.08. The van der Waals surface area contributed by atoms with Gasteiger partial charge in [0.25, 0.3) is 0 Å². The molecule has 1 rings (SSSR count). The summed E-state index contributed by atoms with van der Waals surface area (Å²) in [4.78, 5) is 21.7. The molecule has 4 nitrogen and oxygen atoms in total. The fourth-order valence-corrected chi connectivity index (χ4v) is 0.971. The number of carbonyl (C=O) groups is 1. The van der Waals surface area contributed by atoms with Crippen LogP contribution in [0.15, 0.2) is 21.3 Å². The maximum atomic E-state index is 10.9. The minimum Gasteiger partial charge on any atom is -0.469 e. The lowest BCUT2D eigenvalue weighted by Gasteiger charge is -1.98. The number of hydrogen-bond acceptors (Lipinski definition) is 4. The van der Waals surface area contributed by atoms with Gasteiger partial charge in [-0.15, -0.1) is 0 Å². The van der Waals surface area contributed by atoms with E-state index < -0.39 is 11.6 Å². The monoisotopic (exact) mass is 182 g/mol. The van der Waals surface area contributed by atoms with Gasteiger partial charge in [0.05, 0.1) is 7.11 Å². The van der Waals surface area contributed by atoms with Crippen LogP contribution in [-0.4, -0.2) is 13.1 Å². The fourth-order valence-electron chi connectivity index (χ4n) is 0.971. The number of carbonyl (C=O) groups excluding carboxylic acids is 1. The molecule has 0 fully saturated rings. The summed E-state index contributed by atoms with van der Waals surface area (Å²) in [5.74, 6) is -0.0920. The molecule has 0 aliphatic carbocycles. The number of esters is 1. The minimum atomic E-state index is -0.445. The van der Waals surface area contributed by atoms with Crippen molar-refractivity contribution in [2.24, 2.45) is 0 Å². The Labute approximate surface area is 75.1 Å². The highest BCUT2D eigenvalue weighted by Gasteiger charge is 2.05. The van der Waals surface area contributed by atoms with Gasteiger partial charge in [0.1, 0.15) is 12.2 Å². The van der Waals surface area contributed by atoms with Gasteiger partial charge < -0.3 is 9.15 Å². The molecule has 0 radical (unpaired) electrons. The molecule has 1 heterocycles. The lowest BCUT2D eigenvalue weighted by molar-refractivity contribution is -0.140. The van der Waals surface area contributed by atoms with Gasteiger partial charge in [-0.2, -0.15) is 0 Å². The predicted molar refractivity (Wildman–Crippen MR) is 45.4 cm³/mol. The van der Waals surface area contributed by atoms with E-state index in [-0.39, 0.29) is 6.42 Å². The number of rotatable bonds is 2. The first-order valence-corrected chi connectivity index (χ1v) is 3.79. The molecule has 70 valence electrons. The SMILES string of the molecule is COC(=O)Cc1cc(C)cc(=O)o1. The highest BCUT2D eigenvalue weighted by Crippen LogP contribution is 2.01. The first-order valence-electron chi connectivity index (χ1n) is 3.79. The molecular formula is C9H10O4. The van der Waals surface area contributed by atoms with E-state index in [1.54, 1.807) is 13.0 Å². The number of ether oxygens (including phenoxy) is 1. The van der Waals surface area contributed by atoms with Crippen molar-refractivity contribution in [1.29, 1.82) is 0 Å². The molecule has 0 aliphatic heterocycles. The Kier molecular flexibility index (Phi) is 2.84. The molecule has 0 amide bonds. The van der Waals surface area contributed by atoms with Crippen molar-refractivity contribution in [3.63, 3.8) is 0 Å². The van der Waals surface area contributed by atoms with E-state index in [1.165, 1.54) is 13.2 Å². The van der Waals surface area contributed by atoms with Gasteiger partial charge in [-0.1, -0.05) is 0 Å². The molecule has 0 atom stereocenters. The van der Waals surface area contributed by atoms with Crippen molar-refractivity contribution in [2.45, 2.75) is 13.3 Å². The predicted octanol–water partition coefficient (Wildman–Crippen LogP) is 0.664. The molecule has 0 saturated heterocycles. The third kappa shape index (κ3) is 2.74. The van der Waals surface area contributed by atoms with E-state index in [1.807, 2.05) is 0 Å². The van der Waals surface area contributed by atoms with E-state index in [4.69, 9.17) is 4.42 Å². The molecular weight excluding hydrogens is 172 g/mol. The molecule has 0 unspecified atom stereocenters. The maximum absolute atomic E-state index is 10.9. The first kappa shape index (κ1) is 9.51. The quantitative estimate of drug-likeness (QED) is 0.630. The first-order chi connectivity index (χ1) is 6.11. The van der Waals surface area contributed by atoms with Crippen LogP contribution in [0.1, 0.15) is 11.3 Å². The summed E-state index contributed by atoms with van der Waals surface area (Å²) in [5.41, 5.74) is 0.328. The van der Waals surface area contributed by atoms with Crippen LogP contribution in [-0.2, 0) is 16.0 Å². The van der Waals surface area contributed by atoms with Crippen LogP contribution in [0.25, 0.3) is 0 Å². The molecule has 0 spiro atoms. The van der Waals surface area contributed by atoms with E-state index in [9.17, 15) is 9.59 Å². The summed E-state index contributed by atoms with van der Waals surface area (Å²) < 4.78 is 9.21. The minimum absolute atomic E-state index is 0.00653.